The monoisotopic (exact) mass is 320 g/mol. The normalized spacial score (nSPS) is 19.5. The summed E-state index contributed by atoms with van der Waals surface area (Å²) in [6, 6.07) is 18.7. The van der Waals surface area contributed by atoms with Gasteiger partial charge in [-0.25, -0.2) is 0 Å². The van der Waals surface area contributed by atoms with Gasteiger partial charge < -0.3 is 10.2 Å². The molecule has 1 aliphatic heterocycles. The van der Waals surface area contributed by atoms with Gasteiger partial charge in [-0.05, 0) is 29.5 Å². The number of nitrogens with one attached hydrogen (secondary N) is 1. The first-order valence-electron chi connectivity index (χ1n) is 8.40. The van der Waals surface area contributed by atoms with Gasteiger partial charge in [-0.1, -0.05) is 59.8 Å². The van der Waals surface area contributed by atoms with E-state index < -0.39 is 6.10 Å². The van der Waals surface area contributed by atoms with Crippen molar-refractivity contribution in [2.75, 3.05) is 0 Å². The highest BCUT2D eigenvalue weighted by molar-refractivity contribution is 5.94. The Balaban J connectivity index is 1.30. The molecule has 1 N–H and O–H groups in total. The quantitative estimate of drug-likeness (QED) is 0.941. The first-order chi connectivity index (χ1) is 11.8. The van der Waals surface area contributed by atoms with E-state index in [-0.39, 0.29) is 11.9 Å². The molecule has 0 bridgehead atoms. The van der Waals surface area contributed by atoms with E-state index in [1.807, 2.05) is 30.3 Å². The Kier molecular flexibility index (Phi) is 4.03. The topological polar surface area (TPSA) is 50.7 Å². The summed E-state index contributed by atoms with van der Waals surface area (Å²) in [6.45, 7) is 0. The van der Waals surface area contributed by atoms with Gasteiger partial charge in [-0.15, -0.1) is 0 Å². The molecule has 4 rings (SSSR count). The largest absolute Gasteiger partial charge is 0.382 e. The summed E-state index contributed by atoms with van der Waals surface area (Å²) in [7, 11) is 0. The molecule has 0 saturated carbocycles. The summed E-state index contributed by atoms with van der Waals surface area (Å²) in [5.41, 5.74) is 4.77. The lowest BCUT2D eigenvalue weighted by Gasteiger charge is -2.14. The van der Waals surface area contributed by atoms with E-state index in [1.165, 1.54) is 16.7 Å². The summed E-state index contributed by atoms with van der Waals surface area (Å²) >= 11 is 0. The van der Waals surface area contributed by atoms with Crippen LogP contribution in [0.1, 0.15) is 23.1 Å². The highest BCUT2D eigenvalue weighted by Crippen LogP contribution is 2.22. The highest BCUT2D eigenvalue weighted by atomic mass is 16.6. The fourth-order valence-corrected chi connectivity index (χ4v) is 3.46. The van der Waals surface area contributed by atoms with Crippen LogP contribution in [0.4, 0.5) is 0 Å². The lowest BCUT2D eigenvalue weighted by atomic mass is 10.0. The fourth-order valence-electron chi connectivity index (χ4n) is 3.46. The van der Waals surface area contributed by atoms with Crippen LogP contribution in [0.25, 0.3) is 0 Å². The van der Waals surface area contributed by atoms with Gasteiger partial charge in [0.05, 0.1) is 5.71 Å². The number of carbonyl (C=O) groups is 1. The van der Waals surface area contributed by atoms with Gasteiger partial charge in [0.15, 0.2) is 0 Å². The standard InChI is InChI=1S/C20H20N2O2/c23-20(21-17-11-15-8-4-5-9-16(15)12-17)19-13-18(22-24-19)10-14-6-2-1-3-7-14/h1-9,17,19H,10-13H2,(H,21,23)/t19-/m1/s1. The van der Waals surface area contributed by atoms with E-state index in [9.17, 15) is 4.79 Å². The Bertz CT molecular complexity index is 745. The summed E-state index contributed by atoms with van der Waals surface area (Å²) in [6.07, 6.45) is 2.60. The minimum absolute atomic E-state index is 0.0559. The van der Waals surface area contributed by atoms with Crippen molar-refractivity contribution in [3.8, 4) is 0 Å². The minimum Gasteiger partial charge on any atom is -0.382 e. The van der Waals surface area contributed by atoms with E-state index in [0.717, 1.165) is 25.0 Å². The molecule has 0 fully saturated rings. The molecule has 4 heteroatoms. The average Bonchev–Trinajstić information content (AvgIpc) is 3.22. The smallest absolute Gasteiger partial charge is 0.264 e. The molecule has 0 radical (unpaired) electrons. The van der Waals surface area contributed by atoms with Crippen LogP contribution in [-0.2, 0) is 28.9 Å². The number of rotatable bonds is 4. The van der Waals surface area contributed by atoms with Gasteiger partial charge in [0.2, 0.25) is 6.10 Å². The van der Waals surface area contributed by atoms with Crippen molar-refractivity contribution in [3.63, 3.8) is 0 Å². The van der Waals surface area contributed by atoms with Crippen LogP contribution in [0.2, 0.25) is 0 Å². The van der Waals surface area contributed by atoms with Crippen LogP contribution >= 0.6 is 0 Å². The molecule has 0 spiro atoms. The number of hydrogen-bond donors (Lipinski definition) is 1. The summed E-state index contributed by atoms with van der Waals surface area (Å²) < 4.78 is 0. The molecule has 24 heavy (non-hydrogen) atoms. The second-order valence-corrected chi connectivity index (χ2v) is 6.50. The molecule has 0 aromatic heterocycles. The molecule has 122 valence electrons. The number of amides is 1. The van der Waals surface area contributed by atoms with Crippen molar-refractivity contribution < 1.29 is 9.63 Å². The molecular formula is C20H20N2O2. The van der Waals surface area contributed by atoms with Gasteiger partial charge in [0.25, 0.3) is 5.91 Å². The predicted molar refractivity (Wildman–Crippen MR) is 92.9 cm³/mol. The van der Waals surface area contributed by atoms with Crippen LogP contribution in [0, 0.1) is 0 Å². The molecule has 2 aromatic carbocycles. The summed E-state index contributed by atoms with van der Waals surface area (Å²) in [5, 5.41) is 7.22. The predicted octanol–water partition coefficient (Wildman–Crippen LogP) is 2.66. The molecule has 1 atom stereocenters. The Hall–Kier alpha value is -2.62. The third kappa shape index (κ3) is 3.18. The lowest BCUT2D eigenvalue weighted by Crippen LogP contribution is -2.42. The number of carbonyl (C=O) groups excluding carboxylic acids is 1. The van der Waals surface area contributed by atoms with Crippen molar-refractivity contribution in [2.24, 2.45) is 5.16 Å². The molecule has 0 unspecified atom stereocenters. The van der Waals surface area contributed by atoms with Crippen LogP contribution in [0.15, 0.2) is 59.8 Å². The Morgan fingerprint density at radius 2 is 1.67 bits per heavy atom. The number of nitrogens with zero attached hydrogens (tertiary/aromatic N) is 1. The maximum atomic E-state index is 12.4. The van der Waals surface area contributed by atoms with Gasteiger partial charge in [0.1, 0.15) is 0 Å². The number of benzene rings is 2. The van der Waals surface area contributed by atoms with Gasteiger partial charge in [-0.2, -0.15) is 0 Å². The highest BCUT2D eigenvalue weighted by Gasteiger charge is 2.31. The molecule has 2 aliphatic rings. The molecule has 2 aromatic rings. The second-order valence-electron chi connectivity index (χ2n) is 6.50. The molecule has 1 heterocycles. The molecular weight excluding hydrogens is 300 g/mol. The van der Waals surface area contributed by atoms with Crippen LogP contribution in [-0.4, -0.2) is 23.8 Å². The van der Waals surface area contributed by atoms with E-state index in [0.29, 0.717) is 6.42 Å². The zero-order valence-corrected chi connectivity index (χ0v) is 13.4. The van der Waals surface area contributed by atoms with Crippen molar-refractivity contribution in [1.29, 1.82) is 0 Å². The minimum atomic E-state index is -0.493. The van der Waals surface area contributed by atoms with Crippen LogP contribution in [0.5, 0.6) is 0 Å². The van der Waals surface area contributed by atoms with Gasteiger partial charge in [-0.3, -0.25) is 4.79 Å². The van der Waals surface area contributed by atoms with Crippen LogP contribution in [0.3, 0.4) is 0 Å². The zero-order valence-electron chi connectivity index (χ0n) is 13.4. The Labute approximate surface area is 141 Å². The molecule has 4 nitrogen and oxygen atoms in total. The summed E-state index contributed by atoms with van der Waals surface area (Å²) in [4.78, 5) is 17.8. The molecule has 1 amide bonds. The lowest BCUT2D eigenvalue weighted by molar-refractivity contribution is -0.131. The third-order valence-electron chi connectivity index (χ3n) is 4.67. The average molecular weight is 320 g/mol. The first-order valence-corrected chi connectivity index (χ1v) is 8.40. The van der Waals surface area contributed by atoms with E-state index >= 15 is 0 Å². The third-order valence-corrected chi connectivity index (χ3v) is 4.67. The number of fused-ring (bicyclic) bond motifs is 1. The van der Waals surface area contributed by atoms with E-state index in [1.54, 1.807) is 0 Å². The van der Waals surface area contributed by atoms with Gasteiger partial charge in [0, 0.05) is 18.9 Å². The number of hydrogen-bond acceptors (Lipinski definition) is 3. The van der Waals surface area contributed by atoms with Crippen molar-refractivity contribution in [3.05, 3.63) is 71.3 Å². The maximum Gasteiger partial charge on any atom is 0.264 e. The maximum absolute atomic E-state index is 12.4. The molecule has 1 aliphatic carbocycles. The fraction of sp³-hybridized carbons (Fsp3) is 0.300. The van der Waals surface area contributed by atoms with Crippen molar-refractivity contribution >= 4 is 11.6 Å². The SMILES string of the molecule is O=C(NC1Cc2ccccc2C1)[C@H]1CC(Cc2ccccc2)=NO1. The Morgan fingerprint density at radius 3 is 2.38 bits per heavy atom. The molecule has 0 saturated heterocycles. The van der Waals surface area contributed by atoms with Crippen molar-refractivity contribution in [2.45, 2.75) is 37.8 Å². The Morgan fingerprint density at radius 1 is 1.00 bits per heavy atom. The van der Waals surface area contributed by atoms with Crippen molar-refractivity contribution in [1.82, 2.24) is 5.32 Å². The van der Waals surface area contributed by atoms with E-state index in [2.05, 4.69) is 34.7 Å². The number of oxime groups is 1. The zero-order chi connectivity index (χ0) is 16.4. The summed E-state index contributed by atoms with van der Waals surface area (Å²) in [5.74, 6) is -0.0559. The second kappa shape index (κ2) is 6.48. The van der Waals surface area contributed by atoms with E-state index in [4.69, 9.17) is 4.84 Å². The van der Waals surface area contributed by atoms with Crippen LogP contribution < -0.4 is 5.32 Å². The van der Waals surface area contributed by atoms with Gasteiger partial charge >= 0.3 is 0 Å². The first kappa shape index (κ1) is 14.9.